The van der Waals surface area contributed by atoms with Crippen LogP contribution < -0.4 is 0 Å². The molecule has 1 unspecified atom stereocenters. The highest BCUT2D eigenvalue weighted by Crippen LogP contribution is 2.37. The molecule has 2 aromatic rings. The monoisotopic (exact) mass is 504 g/mol. The maximum atomic E-state index is 13.8. The molecule has 0 aliphatic rings. The smallest absolute Gasteiger partial charge is 0.133 e. The lowest BCUT2D eigenvalue weighted by molar-refractivity contribution is 0.527. The van der Waals surface area contributed by atoms with E-state index in [1.54, 1.807) is 6.07 Å². The highest BCUT2D eigenvalue weighted by molar-refractivity contribution is 14.1. The third-order valence-corrected chi connectivity index (χ3v) is 4.96. The summed E-state index contributed by atoms with van der Waals surface area (Å²) in [5.41, 5.74) is 0.511. The van der Waals surface area contributed by atoms with Gasteiger partial charge in [-0.3, -0.25) is 0 Å². The van der Waals surface area contributed by atoms with Crippen LogP contribution in [-0.4, -0.2) is 0 Å². The Bertz CT molecular complexity index is 608. The average Bonchev–Trinajstić information content (AvgIpc) is 2.30. The predicted octanol–water partition coefficient (Wildman–Crippen LogP) is 5.96. The Labute approximate surface area is 138 Å². The van der Waals surface area contributed by atoms with Gasteiger partial charge in [-0.15, -0.1) is 0 Å². The minimum atomic E-state index is -0.928. The van der Waals surface area contributed by atoms with E-state index in [9.17, 15) is 13.2 Å². The van der Waals surface area contributed by atoms with E-state index < -0.39 is 22.3 Å². The fraction of sp³-hybridized carbons (Fsp3) is 0.0769. The molecule has 0 bridgehead atoms. The van der Waals surface area contributed by atoms with E-state index in [0.29, 0.717) is 17.7 Å². The third kappa shape index (κ3) is 3.33. The highest BCUT2D eigenvalue weighted by Gasteiger charge is 2.22. The summed E-state index contributed by atoms with van der Waals surface area (Å²) >= 11 is 8.67. The van der Waals surface area contributed by atoms with Crippen LogP contribution in [0.3, 0.4) is 0 Å². The van der Waals surface area contributed by atoms with Crippen LogP contribution in [0.2, 0.25) is 0 Å². The van der Waals surface area contributed by atoms with Crippen molar-refractivity contribution in [1.29, 1.82) is 0 Å². The molecule has 19 heavy (non-hydrogen) atoms. The van der Waals surface area contributed by atoms with Crippen LogP contribution in [0.1, 0.15) is 16.0 Å². The van der Waals surface area contributed by atoms with Gasteiger partial charge in [0.15, 0.2) is 0 Å². The van der Waals surface area contributed by atoms with E-state index in [1.165, 1.54) is 0 Å². The van der Waals surface area contributed by atoms with Gasteiger partial charge in [0.2, 0.25) is 0 Å². The Hall–Kier alpha value is -0.0800. The number of benzene rings is 2. The van der Waals surface area contributed by atoms with Gasteiger partial charge in [-0.2, -0.15) is 0 Å². The van der Waals surface area contributed by atoms with Gasteiger partial charge in [-0.1, -0.05) is 31.9 Å². The molecule has 100 valence electrons. The van der Waals surface area contributed by atoms with Gasteiger partial charge in [0, 0.05) is 25.7 Å². The third-order valence-electron chi connectivity index (χ3n) is 2.53. The van der Waals surface area contributed by atoms with Crippen molar-refractivity contribution in [3.63, 3.8) is 0 Å². The fourth-order valence-corrected chi connectivity index (χ4v) is 3.93. The summed E-state index contributed by atoms with van der Waals surface area (Å²) in [5, 5.41) is 0. The minimum Gasteiger partial charge on any atom is -0.207 e. The van der Waals surface area contributed by atoms with Crippen LogP contribution in [0.15, 0.2) is 34.8 Å². The summed E-state index contributed by atoms with van der Waals surface area (Å²) < 4.78 is 42.1. The molecule has 0 N–H and O–H groups in total. The lowest BCUT2D eigenvalue weighted by Crippen LogP contribution is -2.03. The van der Waals surface area contributed by atoms with Crippen molar-refractivity contribution < 1.29 is 13.2 Å². The molecule has 2 rings (SSSR count). The van der Waals surface area contributed by atoms with Crippen molar-refractivity contribution in [2.24, 2.45) is 0 Å². The molecule has 1 atom stereocenters. The molecular formula is C13H6Br2F3I. The number of hydrogen-bond donors (Lipinski definition) is 0. The van der Waals surface area contributed by atoms with Crippen LogP contribution in [-0.2, 0) is 0 Å². The standard InChI is InChI=1S/C13H6Br2F3I/c14-6-1-2-11(19)8(3-6)13(15)12-9(17)4-7(16)5-10(12)18/h1-5,13H. The molecule has 0 saturated heterocycles. The number of rotatable bonds is 2. The van der Waals surface area contributed by atoms with Gasteiger partial charge in [-0.05, 0) is 46.4 Å². The van der Waals surface area contributed by atoms with Crippen molar-refractivity contribution in [2.45, 2.75) is 4.83 Å². The van der Waals surface area contributed by atoms with E-state index in [-0.39, 0.29) is 5.56 Å². The first kappa shape index (κ1) is 15.3. The molecule has 0 fully saturated rings. The Morgan fingerprint density at radius 2 is 1.58 bits per heavy atom. The molecule has 0 radical (unpaired) electrons. The van der Waals surface area contributed by atoms with Crippen molar-refractivity contribution in [3.8, 4) is 0 Å². The first-order chi connectivity index (χ1) is 8.90. The summed E-state index contributed by atoms with van der Waals surface area (Å²) in [5.74, 6) is -2.74. The van der Waals surface area contributed by atoms with E-state index in [4.69, 9.17) is 0 Å². The predicted molar refractivity (Wildman–Crippen MR) is 83.9 cm³/mol. The summed E-state index contributed by atoms with van der Waals surface area (Å²) in [6.07, 6.45) is 0. The molecule has 6 heteroatoms. The zero-order valence-electron chi connectivity index (χ0n) is 9.23. The minimum absolute atomic E-state index is 0.197. The van der Waals surface area contributed by atoms with Crippen LogP contribution in [0.5, 0.6) is 0 Å². The zero-order valence-corrected chi connectivity index (χ0v) is 14.6. The molecule has 0 heterocycles. The molecule has 0 nitrogen and oxygen atoms in total. The van der Waals surface area contributed by atoms with Gasteiger partial charge in [0.1, 0.15) is 17.5 Å². The van der Waals surface area contributed by atoms with Crippen LogP contribution in [0.4, 0.5) is 13.2 Å². The Morgan fingerprint density at radius 1 is 1.00 bits per heavy atom. The highest BCUT2D eigenvalue weighted by atomic mass is 127. The van der Waals surface area contributed by atoms with Gasteiger partial charge < -0.3 is 0 Å². The van der Waals surface area contributed by atoms with Crippen LogP contribution >= 0.6 is 54.5 Å². The molecule has 0 spiro atoms. The fourth-order valence-electron chi connectivity index (χ4n) is 1.66. The number of hydrogen-bond acceptors (Lipinski definition) is 0. The quantitative estimate of drug-likeness (QED) is 0.349. The largest absolute Gasteiger partial charge is 0.207 e. The molecule has 0 amide bonds. The second-order valence-corrected chi connectivity index (χ2v) is 6.81. The lowest BCUT2D eigenvalue weighted by atomic mass is 10.0. The number of halogens is 6. The van der Waals surface area contributed by atoms with Crippen LogP contribution in [0, 0.1) is 21.0 Å². The van der Waals surface area contributed by atoms with E-state index in [0.717, 1.165) is 8.04 Å². The van der Waals surface area contributed by atoms with Gasteiger partial charge >= 0.3 is 0 Å². The van der Waals surface area contributed by atoms with Crippen molar-refractivity contribution in [1.82, 2.24) is 0 Å². The maximum absolute atomic E-state index is 13.8. The SMILES string of the molecule is Fc1cc(F)c(C(Br)c2cc(Br)ccc2I)c(F)c1. The summed E-state index contributed by atoms with van der Waals surface area (Å²) in [7, 11) is 0. The Morgan fingerprint density at radius 3 is 2.16 bits per heavy atom. The lowest BCUT2D eigenvalue weighted by Gasteiger charge is -2.15. The van der Waals surface area contributed by atoms with E-state index in [2.05, 4.69) is 54.5 Å². The van der Waals surface area contributed by atoms with E-state index in [1.807, 2.05) is 12.1 Å². The molecule has 0 aliphatic heterocycles. The summed E-state index contributed by atoms with van der Waals surface area (Å²) in [6, 6.07) is 6.79. The van der Waals surface area contributed by atoms with Crippen molar-refractivity contribution in [2.75, 3.05) is 0 Å². The van der Waals surface area contributed by atoms with E-state index >= 15 is 0 Å². The molecule has 0 aliphatic carbocycles. The second kappa shape index (κ2) is 6.13. The first-order valence-corrected chi connectivity index (χ1v) is 7.92. The summed E-state index contributed by atoms with van der Waals surface area (Å²) in [4.78, 5) is -0.683. The van der Waals surface area contributed by atoms with Gasteiger partial charge in [-0.25, -0.2) is 13.2 Å². The molecule has 0 aromatic heterocycles. The first-order valence-electron chi connectivity index (χ1n) is 5.13. The molecule has 2 aromatic carbocycles. The molecule has 0 saturated carbocycles. The van der Waals surface area contributed by atoms with Gasteiger partial charge in [0.05, 0.1) is 4.83 Å². The van der Waals surface area contributed by atoms with Crippen LogP contribution in [0.25, 0.3) is 0 Å². The topological polar surface area (TPSA) is 0 Å². The average molecular weight is 506 g/mol. The summed E-state index contributed by atoms with van der Waals surface area (Å²) in [6.45, 7) is 0. The zero-order chi connectivity index (χ0) is 14.2. The second-order valence-electron chi connectivity index (χ2n) is 3.81. The normalized spacial score (nSPS) is 12.5. The molecular weight excluding hydrogens is 500 g/mol. The Kier molecular flexibility index (Phi) is 4.94. The maximum Gasteiger partial charge on any atom is 0.133 e. The van der Waals surface area contributed by atoms with Crippen molar-refractivity contribution >= 4 is 54.5 Å². The van der Waals surface area contributed by atoms with Crippen molar-refractivity contribution in [3.05, 3.63) is 67.0 Å². The Balaban J connectivity index is 2.56. The number of alkyl halides is 1. The van der Waals surface area contributed by atoms with Gasteiger partial charge in [0.25, 0.3) is 0 Å².